The van der Waals surface area contributed by atoms with E-state index in [9.17, 15) is 33.9 Å². The number of thioether (sulfide) groups is 1. The van der Waals surface area contributed by atoms with Crippen LogP contribution in [-0.4, -0.2) is 115 Å². The second-order valence-corrected chi connectivity index (χ2v) is 11.7. The van der Waals surface area contributed by atoms with E-state index in [1.807, 2.05) is 0 Å². The summed E-state index contributed by atoms with van der Waals surface area (Å²) >= 11 is 1.13. The van der Waals surface area contributed by atoms with Gasteiger partial charge in [-0.25, -0.2) is 0 Å². The fourth-order valence-corrected chi connectivity index (χ4v) is 6.04. The van der Waals surface area contributed by atoms with Crippen LogP contribution in [0.4, 0.5) is 0 Å². The maximum Gasteiger partial charge on any atom is 0.303 e. The zero-order valence-electron chi connectivity index (χ0n) is 26.6. The molecule has 3 rings (SSSR count). The number of hydrogen-bond donors (Lipinski definition) is 1. The third-order valence-corrected chi connectivity index (χ3v) is 7.75. The van der Waals surface area contributed by atoms with Crippen molar-refractivity contribution in [3.8, 4) is 0 Å². The zero-order valence-corrected chi connectivity index (χ0v) is 27.4. The Balaban J connectivity index is 1.95. The van der Waals surface area contributed by atoms with Crippen molar-refractivity contribution in [1.29, 1.82) is 0 Å². The molecule has 0 radical (unpaired) electrons. The Bertz CT molecular complexity index is 1270. The molecular weight excluding hydrogens is 648 g/mol. The van der Waals surface area contributed by atoms with Gasteiger partial charge < -0.3 is 47.7 Å². The smallest absolute Gasteiger partial charge is 0.303 e. The maximum atomic E-state index is 12.2. The van der Waals surface area contributed by atoms with Crippen LogP contribution in [0, 0.1) is 0 Å². The van der Waals surface area contributed by atoms with E-state index < -0.39 is 110 Å². The SMILES string of the molecule is CC(=O)OC[C@H]1O[C@H](OC[C@H]2O[C@@H](Sc3ccccc3)[C@H](OC(C)=O)[C@@H](OC(C)=O)[C@@H]2O)[C@@H](OC(C)=O)[C@@H](OC(C)=O)[C@@H]1OC(C)=O. The van der Waals surface area contributed by atoms with Crippen LogP contribution in [-0.2, 0) is 71.4 Å². The van der Waals surface area contributed by atoms with E-state index in [0.717, 1.165) is 53.3 Å². The lowest BCUT2D eigenvalue weighted by molar-refractivity contribution is -0.317. The van der Waals surface area contributed by atoms with Crippen molar-refractivity contribution in [2.24, 2.45) is 0 Å². The summed E-state index contributed by atoms with van der Waals surface area (Å²) in [4.78, 5) is 72.6. The van der Waals surface area contributed by atoms with E-state index in [1.165, 1.54) is 0 Å². The van der Waals surface area contributed by atoms with E-state index in [2.05, 4.69) is 0 Å². The number of aliphatic hydroxyl groups excluding tert-OH is 1. The molecule has 10 atom stereocenters. The van der Waals surface area contributed by atoms with E-state index in [-0.39, 0.29) is 0 Å². The van der Waals surface area contributed by atoms with Crippen LogP contribution < -0.4 is 0 Å². The Morgan fingerprint density at radius 1 is 0.617 bits per heavy atom. The topological polar surface area (TPSA) is 206 Å². The molecule has 16 nitrogen and oxygen atoms in total. The Hall–Kier alpha value is -3.77. The third kappa shape index (κ3) is 11.2. The lowest BCUT2D eigenvalue weighted by Gasteiger charge is -2.45. The van der Waals surface area contributed by atoms with Gasteiger partial charge in [-0.1, -0.05) is 30.0 Å². The Labute approximate surface area is 274 Å². The second-order valence-electron chi connectivity index (χ2n) is 10.5. The van der Waals surface area contributed by atoms with Gasteiger partial charge in [0.2, 0.25) is 0 Å². The summed E-state index contributed by atoms with van der Waals surface area (Å²) in [6.07, 6.45) is -12.8. The molecule has 1 aromatic rings. The predicted molar refractivity (Wildman–Crippen MR) is 156 cm³/mol. The summed E-state index contributed by atoms with van der Waals surface area (Å²) in [5.74, 6) is -4.65. The van der Waals surface area contributed by atoms with Crippen LogP contribution in [0.3, 0.4) is 0 Å². The van der Waals surface area contributed by atoms with Crippen molar-refractivity contribution < 1.29 is 76.5 Å². The van der Waals surface area contributed by atoms with Gasteiger partial charge in [0.1, 0.15) is 30.4 Å². The molecule has 0 aliphatic carbocycles. The van der Waals surface area contributed by atoms with Gasteiger partial charge in [0, 0.05) is 46.4 Å². The first-order valence-electron chi connectivity index (χ1n) is 14.5. The van der Waals surface area contributed by atoms with E-state index >= 15 is 0 Å². The number of carbonyl (C=O) groups is 6. The van der Waals surface area contributed by atoms with Crippen LogP contribution in [0.25, 0.3) is 0 Å². The van der Waals surface area contributed by atoms with E-state index in [1.54, 1.807) is 30.3 Å². The molecule has 0 aromatic heterocycles. The first kappa shape index (κ1) is 37.7. The number of ether oxygens (including phenoxy) is 9. The summed E-state index contributed by atoms with van der Waals surface area (Å²) in [6, 6.07) is 8.89. The number of aliphatic hydroxyl groups is 1. The summed E-state index contributed by atoms with van der Waals surface area (Å²) in [7, 11) is 0. The first-order valence-corrected chi connectivity index (χ1v) is 15.4. The Morgan fingerprint density at radius 3 is 1.68 bits per heavy atom. The minimum atomic E-state index is -1.61. The van der Waals surface area contributed by atoms with Crippen molar-refractivity contribution in [3.63, 3.8) is 0 Å². The Kier molecular flexibility index (Phi) is 14.0. The molecule has 0 saturated carbocycles. The molecule has 1 N–H and O–H groups in total. The van der Waals surface area contributed by atoms with Gasteiger partial charge in [-0.2, -0.15) is 0 Å². The molecule has 0 unspecified atom stereocenters. The van der Waals surface area contributed by atoms with Gasteiger partial charge in [-0.05, 0) is 12.1 Å². The highest BCUT2D eigenvalue weighted by Gasteiger charge is 2.54. The monoisotopic (exact) mass is 686 g/mol. The van der Waals surface area contributed by atoms with Crippen LogP contribution in [0.5, 0.6) is 0 Å². The minimum Gasteiger partial charge on any atom is -0.463 e. The van der Waals surface area contributed by atoms with Crippen molar-refractivity contribution in [2.75, 3.05) is 13.2 Å². The summed E-state index contributed by atoms with van der Waals surface area (Å²) in [6.45, 7) is 5.67. The normalized spacial score (nSPS) is 30.3. The number of esters is 6. The zero-order chi connectivity index (χ0) is 34.8. The number of benzene rings is 1. The van der Waals surface area contributed by atoms with Gasteiger partial charge in [-0.3, -0.25) is 28.8 Å². The molecule has 0 bridgehead atoms. The van der Waals surface area contributed by atoms with Gasteiger partial charge in [-0.15, -0.1) is 0 Å². The predicted octanol–water partition coefficient (Wildman–Crippen LogP) is 0.828. The molecule has 2 saturated heterocycles. The van der Waals surface area contributed by atoms with Gasteiger partial charge in [0.15, 0.2) is 36.8 Å². The summed E-state index contributed by atoms with van der Waals surface area (Å²) in [5, 5.41) is 11.3. The lowest BCUT2D eigenvalue weighted by atomic mass is 9.97. The van der Waals surface area contributed by atoms with Crippen molar-refractivity contribution >= 4 is 47.6 Å². The standard InChI is InChI=1S/C30H38O16S/c1-14(31)38-13-22-24(40-15(2)32)26(42-17(4)34)27(43-18(5)35)29(45-22)39-12-21-23(37)25(41-16(3)33)28(44-19(6)36)30(46-21)47-20-10-8-7-9-11-20/h7-11,21-30,37H,12-13H2,1-6H3/t21-,22-,23-,24-,25+,26+,27+,28-,29+,30+/m1/s1. The van der Waals surface area contributed by atoms with Crippen LogP contribution in [0.1, 0.15) is 41.5 Å². The molecular formula is C30H38O16S. The fraction of sp³-hybridized carbons (Fsp3) is 0.600. The summed E-state index contributed by atoms with van der Waals surface area (Å²) in [5.41, 5.74) is -1.02. The molecule has 260 valence electrons. The average molecular weight is 687 g/mol. The van der Waals surface area contributed by atoms with Crippen LogP contribution in [0.2, 0.25) is 0 Å². The number of carbonyl (C=O) groups excluding carboxylic acids is 6. The largest absolute Gasteiger partial charge is 0.463 e. The van der Waals surface area contributed by atoms with Crippen LogP contribution in [0.15, 0.2) is 35.2 Å². The number of rotatable bonds is 12. The molecule has 0 spiro atoms. The first-order chi connectivity index (χ1) is 22.2. The molecule has 2 aliphatic rings. The van der Waals surface area contributed by atoms with E-state index in [4.69, 9.17) is 42.6 Å². The van der Waals surface area contributed by atoms with E-state index in [0.29, 0.717) is 4.90 Å². The lowest BCUT2D eigenvalue weighted by Crippen LogP contribution is -2.64. The molecule has 1 aromatic carbocycles. The van der Waals surface area contributed by atoms with Gasteiger partial charge in [0.25, 0.3) is 0 Å². The van der Waals surface area contributed by atoms with Crippen molar-refractivity contribution in [1.82, 2.24) is 0 Å². The highest BCUT2D eigenvalue weighted by atomic mass is 32.2. The molecule has 0 amide bonds. The summed E-state index contributed by atoms with van der Waals surface area (Å²) < 4.78 is 50.1. The molecule has 2 heterocycles. The van der Waals surface area contributed by atoms with Crippen LogP contribution >= 0.6 is 11.8 Å². The molecule has 2 fully saturated rings. The van der Waals surface area contributed by atoms with Gasteiger partial charge >= 0.3 is 35.8 Å². The minimum absolute atomic E-state index is 0.478. The third-order valence-electron chi connectivity index (χ3n) is 6.59. The molecule has 2 aliphatic heterocycles. The average Bonchev–Trinajstić information content (AvgIpc) is 2.96. The maximum absolute atomic E-state index is 12.2. The van der Waals surface area contributed by atoms with Gasteiger partial charge in [0.05, 0.1) is 6.61 Å². The fourth-order valence-electron chi connectivity index (χ4n) is 4.91. The van der Waals surface area contributed by atoms with Crippen molar-refractivity contribution in [3.05, 3.63) is 30.3 Å². The highest BCUT2D eigenvalue weighted by Crippen LogP contribution is 2.37. The van der Waals surface area contributed by atoms with Crippen molar-refractivity contribution in [2.45, 2.75) is 107 Å². The highest BCUT2D eigenvalue weighted by molar-refractivity contribution is 7.99. The molecule has 17 heteroatoms. The molecule has 47 heavy (non-hydrogen) atoms. The number of hydrogen-bond acceptors (Lipinski definition) is 17. The quantitative estimate of drug-likeness (QED) is 0.239. The Morgan fingerprint density at radius 2 is 1.13 bits per heavy atom. The second kappa shape index (κ2) is 17.4.